The second-order valence-electron chi connectivity index (χ2n) is 3.56. The topological polar surface area (TPSA) is 84.1 Å². The van der Waals surface area contributed by atoms with Crippen LogP contribution in [0.2, 0.25) is 0 Å². The van der Waals surface area contributed by atoms with Gasteiger partial charge in [-0.3, -0.25) is 0 Å². The molecule has 0 unspecified atom stereocenters. The lowest BCUT2D eigenvalue weighted by atomic mass is 10.1. The van der Waals surface area contributed by atoms with Gasteiger partial charge in [-0.15, -0.1) is 0 Å². The normalized spacial score (nSPS) is 10.2. The molecule has 17 heavy (non-hydrogen) atoms. The van der Waals surface area contributed by atoms with Crippen LogP contribution < -0.4 is 11.1 Å². The van der Waals surface area contributed by atoms with Crippen molar-refractivity contribution >= 4 is 5.95 Å². The maximum atomic E-state index is 9.38. The maximum absolute atomic E-state index is 9.38. The number of nitrogens with zero attached hydrogens (tertiary/aromatic N) is 2. The van der Waals surface area contributed by atoms with Crippen LogP contribution in [-0.4, -0.2) is 28.2 Å². The molecule has 2 rings (SSSR count). The minimum atomic E-state index is 0.229. The van der Waals surface area contributed by atoms with E-state index in [4.69, 9.17) is 5.73 Å². The first-order chi connectivity index (χ1) is 8.29. The van der Waals surface area contributed by atoms with Crippen molar-refractivity contribution in [3.8, 4) is 16.9 Å². The number of rotatable bonds is 4. The van der Waals surface area contributed by atoms with Crippen molar-refractivity contribution in [2.45, 2.75) is 0 Å². The van der Waals surface area contributed by atoms with Crippen LogP contribution in [0.1, 0.15) is 0 Å². The summed E-state index contributed by atoms with van der Waals surface area (Å²) in [5, 5.41) is 12.4. The Labute approximate surface area is 99.3 Å². The van der Waals surface area contributed by atoms with Crippen LogP contribution in [-0.2, 0) is 0 Å². The van der Waals surface area contributed by atoms with Gasteiger partial charge < -0.3 is 16.2 Å². The van der Waals surface area contributed by atoms with Crippen molar-refractivity contribution in [2.24, 2.45) is 5.73 Å². The monoisotopic (exact) mass is 230 g/mol. The molecular formula is C12H14N4O. The smallest absolute Gasteiger partial charge is 0.222 e. The van der Waals surface area contributed by atoms with Crippen LogP contribution in [0.25, 0.3) is 11.1 Å². The van der Waals surface area contributed by atoms with E-state index in [1.54, 1.807) is 30.6 Å². The fraction of sp³-hybridized carbons (Fsp3) is 0.167. The number of nitrogens with two attached hydrogens (primary N) is 1. The molecule has 1 heterocycles. The lowest BCUT2D eigenvalue weighted by molar-refractivity contribution is 0.475. The quantitative estimate of drug-likeness (QED) is 0.735. The van der Waals surface area contributed by atoms with E-state index < -0.39 is 0 Å². The van der Waals surface area contributed by atoms with Crippen LogP contribution in [0, 0.1) is 0 Å². The van der Waals surface area contributed by atoms with Gasteiger partial charge in [0.2, 0.25) is 5.95 Å². The number of phenolic OH excluding ortho intramolecular Hbond substituents is 1. The fourth-order valence-corrected chi connectivity index (χ4v) is 1.44. The predicted octanol–water partition coefficient (Wildman–Crippen LogP) is 1.22. The third-order valence-electron chi connectivity index (χ3n) is 2.26. The lowest BCUT2D eigenvalue weighted by Gasteiger charge is -2.04. The van der Waals surface area contributed by atoms with E-state index in [9.17, 15) is 5.11 Å². The Morgan fingerprint density at radius 2 is 1.94 bits per heavy atom. The van der Waals surface area contributed by atoms with Crippen LogP contribution in [0.15, 0.2) is 36.7 Å². The Hall–Kier alpha value is -2.14. The highest BCUT2D eigenvalue weighted by Gasteiger charge is 2.00. The summed E-state index contributed by atoms with van der Waals surface area (Å²) in [5.41, 5.74) is 7.11. The third-order valence-corrected chi connectivity index (χ3v) is 2.26. The molecule has 4 N–H and O–H groups in total. The maximum Gasteiger partial charge on any atom is 0.222 e. The molecule has 0 aliphatic heterocycles. The minimum absolute atomic E-state index is 0.229. The number of hydrogen-bond donors (Lipinski definition) is 3. The number of phenols is 1. The highest BCUT2D eigenvalue weighted by Crippen LogP contribution is 2.21. The largest absolute Gasteiger partial charge is 0.508 e. The molecule has 0 saturated carbocycles. The van der Waals surface area contributed by atoms with Crippen molar-refractivity contribution in [1.29, 1.82) is 0 Å². The van der Waals surface area contributed by atoms with Crippen LogP contribution in [0.4, 0.5) is 5.95 Å². The second kappa shape index (κ2) is 5.27. The second-order valence-corrected chi connectivity index (χ2v) is 3.56. The van der Waals surface area contributed by atoms with Gasteiger partial charge in [-0.2, -0.15) is 0 Å². The zero-order chi connectivity index (χ0) is 12.1. The average Bonchev–Trinajstić information content (AvgIpc) is 2.37. The molecular weight excluding hydrogens is 216 g/mol. The van der Waals surface area contributed by atoms with E-state index >= 15 is 0 Å². The molecule has 0 aliphatic carbocycles. The van der Waals surface area contributed by atoms with Crippen molar-refractivity contribution in [1.82, 2.24) is 9.97 Å². The fourth-order valence-electron chi connectivity index (χ4n) is 1.44. The summed E-state index contributed by atoms with van der Waals surface area (Å²) in [7, 11) is 0. The van der Waals surface area contributed by atoms with Crippen LogP contribution >= 0.6 is 0 Å². The van der Waals surface area contributed by atoms with Crippen molar-refractivity contribution in [2.75, 3.05) is 18.4 Å². The molecule has 1 aromatic heterocycles. The summed E-state index contributed by atoms with van der Waals surface area (Å²) in [5.74, 6) is 0.784. The predicted molar refractivity (Wildman–Crippen MR) is 66.7 cm³/mol. The summed E-state index contributed by atoms with van der Waals surface area (Å²) >= 11 is 0. The highest BCUT2D eigenvalue weighted by molar-refractivity contribution is 5.63. The molecule has 1 aromatic carbocycles. The number of aromatic nitrogens is 2. The Morgan fingerprint density at radius 1 is 1.18 bits per heavy atom. The van der Waals surface area contributed by atoms with Gasteiger partial charge in [-0.25, -0.2) is 9.97 Å². The van der Waals surface area contributed by atoms with Gasteiger partial charge in [0, 0.05) is 31.0 Å². The Bertz CT molecular complexity index is 484. The van der Waals surface area contributed by atoms with Crippen LogP contribution in [0.3, 0.4) is 0 Å². The molecule has 0 bridgehead atoms. The third kappa shape index (κ3) is 2.92. The Morgan fingerprint density at radius 3 is 2.59 bits per heavy atom. The summed E-state index contributed by atoms with van der Waals surface area (Å²) in [4.78, 5) is 8.33. The molecule has 5 heteroatoms. The first kappa shape index (κ1) is 11.3. The molecule has 0 atom stereocenters. The van der Waals surface area contributed by atoms with Crippen molar-refractivity contribution < 1.29 is 5.11 Å². The van der Waals surface area contributed by atoms with E-state index in [0.29, 0.717) is 19.0 Å². The summed E-state index contributed by atoms with van der Waals surface area (Å²) < 4.78 is 0. The SMILES string of the molecule is NCCNc1ncc(-c2cccc(O)c2)cn1. The minimum Gasteiger partial charge on any atom is -0.508 e. The van der Waals surface area contributed by atoms with Gasteiger partial charge in [0.25, 0.3) is 0 Å². The Balaban J connectivity index is 2.17. The molecule has 0 radical (unpaired) electrons. The highest BCUT2D eigenvalue weighted by atomic mass is 16.3. The number of anilines is 1. The van der Waals surface area contributed by atoms with E-state index in [0.717, 1.165) is 11.1 Å². The van der Waals surface area contributed by atoms with Gasteiger partial charge in [0.05, 0.1) is 0 Å². The summed E-state index contributed by atoms with van der Waals surface area (Å²) in [6.45, 7) is 1.18. The zero-order valence-electron chi connectivity index (χ0n) is 9.30. The molecule has 2 aromatic rings. The van der Waals surface area contributed by atoms with Crippen LogP contribution in [0.5, 0.6) is 5.75 Å². The van der Waals surface area contributed by atoms with Gasteiger partial charge >= 0.3 is 0 Å². The van der Waals surface area contributed by atoms with Gasteiger partial charge in [-0.1, -0.05) is 12.1 Å². The molecule has 0 spiro atoms. The Kier molecular flexibility index (Phi) is 3.52. The molecule has 0 fully saturated rings. The summed E-state index contributed by atoms with van der Waals surface area (Å²) in [6, 6.07) is 6.98. The molecule has 0 aliphatic rings. The molecule has 0 saturated heterocycles. The number of benzene rings is 1. The molecule has 0 amide bonds. The first-order valence-corrected chi connectivity index (χ1v) is 5.35. The zero-order valence-corrected chi connectivity index (χ0v) is 9.30. The van der Waals surface area contributed by atoms with Gasteiger partial charge in [-0.05, 0) is 17.7 Å². The van der Waals surface area contributed by atoms with Crippen molar-refractivity contribution in [3.63, 3.8) is 0 Å². The number of nitrogens with one attached hydrogen (secondary N) is 1. The van der Waals surface area contributed by atoms with E-state index in [1.165, 1.54) is 0 Å². The van der Waals surface area contributed by atoms with Gasteiger partial charge in [0.15, 0.2) is 0 Å². The standard InChI is InChI=1S/C12H14N4O/c13-4-5-14-12-15-7-10(8-16-12)9-2-1-3-11(17)6-9/h1-3,6-8,17H,4-5,13H2,(H,14,15,16). The van der Waals surface area contributed by atoms with E-state index in [1.807, 2.05) is 6.07 Å². The van der Waals surface area contributed by atoms with E-state index in [2.05, 4.69) is 15.3 Å². The molecule has 5 nitrogen and oxygen atoms in total. The first-order valence-electron chi connectivity index (χ1n) is 5.35. The number of hydrogen-bond acceptors (Lipinski definition) is 5. The average molecular weight is 230 g/mol. The summed E-state index contributed by atoms with van der Waals surface area (Å²) in [6.07, 6.45) is 3.42. The molecule has 88 valence electrons. The van der Waals surface area contributed by atoms with Crippen molar-refractivity contribution in [3.05, 3.63) is 36.7 Å². The van der Waals surface area contributed by atoms with E-state index in [-0.39, 0.29) is 5.75 Å². The van der Waals surface area contributed by atoms with Gasteiger partial charge in [0.1, 0.15) is 5.75 Å². The number of aromatic hydroxyl groups is 1. The lowest BCUT2D eigenvalue weighted by Crippen LogP contribution is -2.14.